The molecular weight excluding hydrogens is 280 g/mol. The summed E-state index contributed by atoms with van der Waals surface area (Å²) in [6, 6.07) is 6.74. The van der Waals surface area contributed by atoms with Crippen molar-refractivity contribution in [1.82, 2.24) is 4.98 Å². The van der Waals surface area contributed by atoms with Gasteiger partial charge in [0.2, 0.25) is 0 Å². The van der Waals surface area contributed by atoms with Crippen LogP contribution in [0, 0.1) is 5.92 Å². The minimum atomic E-state index is 0.772. The maximum absolute atomic E-state index is 4.48. The molecule has 2 nitrogen and oxygen atoms in total. The average molecular weight is 306 g/mol. The molecule has 0 radical (unpaired) electrons. The molecule has 120 valence electrons. The van der Waals surface area contributed by atoms with E-state index in [1.807, 2.05) is 18.6 Å². The first-order chi connectivity index (χ1) is 11.1. The first kappa shape index (κ1) is 15.8. The zero-order valence-corrected chi connectivity index (χ0v) is 14.2. The quantitative estimate of drug-likeness (QED) is 0.627. The van der Waals surface area contributed by atoms with Gasteiger partial charge in [-0.3, -0.25) is 4.99 Å². The second-order valence-electron chi connectivity index (χ2n) is 6.90. The van der Waals surface area contributed by atoms with Crippen LogP contribution in [0.4, 0.5) is 0 Å². The van der Waals surface area contributed by atoms with Crippen molar-refractivity contribution in [2.75, 3.05) is 0 Å². The molecule has 2 heteroatoms. The number of hydrogen-bond donors (Lipinski definition) is 1. The summed E-state index contributed by atoms with van der Waals surface area (Å²) in [7, 11) is 0. The van der Waals surface area contributed by atoms with Crippen LogP contribution in [0.15, 0.2) is 47.7 Å². The second-order valence-corrected chi connectivity index (χ2v) is 6.90. The summed E-state index contributed by atoms with van der Waals surface area (Å²) in [5.41, 5.74) is 6.04. The highest BCUT2D eigenvalue weighted by molar-refractivity contribution is 6.14. The molecule has 0 saturated heterocycles. The summed E-state index contributed by atoms with van der Waals surface area (Å²) in [4.78, 5) is 7.82. The fourth-order valence-electron chi connectivity index (χ4n) is 3.25. The number of nitrogens with one attached hydrogen (secondary N) is 1. The second kappa shape index (κ2) is 6.99. The predicted molar refractivity (Wildman–Crippen MR) is 101 cm³/mol. The van der Waals surface area contributed by atoms with E-state index in [1.54, 1.807) is 0 Å². The summed E-state index contributed by atoms with van der Waals surface area (Å²) < 4.78 is 0. The smallest absolute Gasteiger partial charge is 0.0460 e. The van der Waals surface area contributed by atoms with Crippen molar-refractivity contribution in [3.8, 4) is 0 Å². The Kier molecular flexibility index (Phi) is 4.80. The van der Waals surface area contributed by atoms with Gasteiger partial charge in [0.25, 0.3) is 0 Å². The van der Waals surface area contributed by atoms with Gasteiger partial charge in [0.1, 0.15) is 0 Å². The Balaban J connectivity index is 1.97. The van der Waals surface area contributed by atoms with Crippen LogP contribution in [-0.2, 0) is 6.42 Å². The topological polar surface area (TPSA) is 28.1 Å². The van der Waals surface area contributed by atoms with Gasteiger partial charge in [-0.15, -0.1) is 0 Å². The van der Waals surface area contributed by atoms with Gasteiger partial charge in [0.15, 0.2) is 0 Å². The van der Waals surface area contributed by atoms with E-state index < -0.39 is 0 Å². The molecule has 1 unspecified atom stereocenters. The number of allylic oxidation sites excluding steroid dienone is 2. The lowest BCUT2D eigenvalue weighted by Crippen LogP contribution is -1.97. The fraction of sp³-hybridized carbons (Fsp3) is 0.381. The lowest BCUT2D eigenvalue weighted by atomic mass is 9.95. The monoisotopic (exact) mass is 306 g/mol. The third-order valence-corrected chi connectivity index (χ3v) is 4.81. The molecule has 0 spiro atoms. The van der Waals surface area contributed by atoms with Crippen molar-refractivity contribution in [3.63, 3.8) is 0 Å². The highest BCUT2D eigenvalue weighted by atomic mass is 14.7. The van der Waals surface area contributed by atoms with Crippen molar-refractivity contribution in [3.05, 3.63) is 53.9 Å². The Hall–Kier alpha value is -2.09. The van der Waals surface area contributed by atoms with Crippen LogP contribution in [0.3, 0.4) is 0 Å². The average Bonchev–Trinajstić information content (AvgIpc) is 2.95. The molecule has 1 aromatic heterocycles. The van der Waals surface area contributed by atoms with Gasteiger partial charge in [-0.1, -0.05) is 31.6 Å². The fourth-order valence-corrected chi connectivity index (χ4v) is 3.25. The highest BCUT2D eigenvalue weighted by Gasteiger charge is 2.08. The van der Waals surface area contributed by atoms with Gasteiger partial charge < -0.3 is 4.98 Å². The molecule has 2 heterocycles. The number of aliphatic imine (C=N–C) groups is 1. The largest absolute Gasteiger partial charge is 0.361 e. The molecule has 1 aliphatic heterocycles. The molecule has 0 amide bonds. The summed E-state index contributed by atoms with van der Waals surface area (Å²) in [5, 5.41) is 1.25. The van der Waals surface area contributed by atoms with Crippen molar-refractivity contribution < 1.29 is 0 Å². The number of aromatic nitrogens is 1. The molecule has 1 aliphatic rings. The van der Waals surface area contributed by atoms with E-state index in [1.165, 1.54) is 41.3 Å². The van der Waals surface area contributed by atoms with Gasteiger partial charge in [0.05, 0.1) is 0 Å². The van der Waals surface area contributed by atoms with Crippen LogP contribution < -0.4 is 0 Å². The van der Waals surface area contributed by atoms with Crippen molar-refractivity contribution >= 4 is 22.7 Å². The van der Waals surface area contributed by atoms with Gasteiger partial charge in [-0.25, -0.2) is 0 Å². The highest BCUT2D eigenvalue weighted by Crippen LogP contribution is 2.26. The Bertz CT molecular complexity index is 761. The van der Waals surface area contributed by atoms with Gasteiger partial charge >= 0.3 is 0 Å². The molecule has 23 heavy (non-hydrogen) atoms. The molecule has 0 fully saturated rings. The summed E-state index contributed by atoms with van der Waals surface area (Å²) in [5.74, 6) is 0.772. The van der Waals surface area contributed by atoms with E-state index in [-0.39, 0.29) is 0 Å². The first-order valence-corrected chi connectivity index (χ1v) is 8.61. The number of fused-ring (bicyclic) bond motifs is 1. The van der Waals surface area contributed by atoms with Crippen molar-refractivity contribution in [1.29, 1.82) is 0 Å². The van der Waals surface area contributed by atoms with Crippen LogP contribution in [0.2, 0.25) is 0 Å². The number of aryl methyl sites for hydroxylation is 1. The van der Waals surface area contributed by atoms with Crippen LogP contribution in [0.25, 0.3) is 16.5 Å². The standard InChI is InChI=1S/C21H26N2/c1-15-5-4-6-18-9-10-21-19(11-18)20(14-23-21)17(3)13-22-12-16(2)8-7-15/h9-15,23H,3-8H2,1-2H3/b16-12+,22-13?. The lowest BCUT2D eigenvalue weighted by Gasteiger charge is -2.11. The molecule has 1 N–H and O–H groups in total. The van der Waals surface area contributed by atoms with Crippen molar-refractivity contribution in [2.24, 2.45) is 10.9 Å². The SMILES string of the molecule is C=C1C=N/C=C(\C)CCC(C)CCCc2ccc3[nH]cc1c3c2. The third kappa shape index (κ3) is 3.82. The van der Waals surface area contributed by atoms with E-state index in [9.17, 15) is 0 Å². The van der Waals surface area contributed by atoms with Gasteiger partial charge in [0, 0.05) is 35.1 Å². The summed E-state index contributed by atoms with van der Waals surface area (Å²) in [6.07, 6.45) is 12.0. The predicted octanol–water partition coefficient (Wildman–Crippen LogP) is 5.91. The van der Waals surface area contributed by atoms with E-state index in [0.29, 0.717) is 0 Å². The number of rotatable bonds is 0. The number of nitrogens with zero attached hydrogens (tertiary/aromatic N) is 1. The normalized spacial score (nSPS) is 22.6. The van der Waals surface area contributed by atoms with Crippen molar-refractivity contribution in [2.45, 2.75) is 46.0 Å². The minimum absolute atomic E-state index is 0.772. The molecule has 0 saturated carbocycles. The summed E-state index contributed by atoms with van der Waals surface area (Å²) >= 11 is 0. The number of aromatic amines is 1. The first-order valence-electron chi connectivity index (χ1n) is 8.61. The minimum Gasteiger partial charge on any atom is -0.361 e. The van der Waals surface area contributed by atoms with Crippen LogP contribution in [0.5, 0.6) is 0 Å². The maximum Gasteiger partial charge on any atom is 0.0460 e. The molecule has 2 aromatic rings. The number of hydrogen-bond acceptors (Lipinski definition) is 1. The van der Waals surface area contributed by atoms with E-state index in [2.05, 4.69) is 48.6 Å². The van der Waals surface area contributed by atoms with Crippen LogP contribution in [0.1, 0.15) is 50.7 Å². The molecule has 3 rings (SSSR count). The maximum atomic E-state index is 4.48. The Morgan fingerprint density at radius 2 is 2.09 bits per heavy atom. The summed E-state index contributed by atoms with van der Waals surface area (Å²) in [6.45, 7) is 8.73. The molecule has 1 atom stereocenters. The van der Waals surface area contributed by atoms with E-state index >= 15 is 0 Å². The Labute approximate surface area is 139 Å². The van der Waals surface area contributed by atoms with Gasteiger partial charge in [-0.2, -0.15) is 0 Å². The van der Waals surface area contributed by atoms with E-state index in [0.717, 1.165) is 29.9 Å². The molecular formula is C21H26N2. The number of benzene rings is 1. The molecule has 0 aliphatic carbocycles. The van der Waals surface area contributed by atoms with Crippen LogP contribution in [-0.4, -0.2) is 11.2 Å². The zero-order valence-electron chi connectivity index (χ0n) is 14.2. The van der Waals surface area contributed by atoms with Gasteiger partial charge in [-0.05, 0) is 61.8 Å². The van der Waals surface area contributed by atoms with E-state index in [4.69, 9.17) is 0 Å². The third-order valence-electron chi connectivity index (χ3n) is 4.81. The molecule has 2 bridgehead atoms. The Morgan fingerprint density at radius 1 is 1.22 bits per heavy atom. The van der Waals surface area contributed by atoms with Crippen LogP contribution >= 0.6 is 0 Å². The lowest BCUT2D eigenvalue weighted by molar-refractivity contribution is 0.474. The zero-order chi connectivity index (χ0) is 16.2. The molecule has 1 aromatic carbocycles. The Morgan fingerprint density at radius 3 is 2.96 bits per heavy atom. The number of H-pyrrole nitrogens is 1.